The molecule has 33 heavy (non-hydrogen) atoms. The quantitative estimate of drug-likeness (QED) is 0.551. The summed E-state index contributed by atoms with van der Waals surface area (Å²) in [6.45, 7) is 0.629. The van der Waals surface area contributed by atoms with Gasteiger partial charge in [-0.25, -0.2) is 8.42 Å². The van der Waals surface area contributed by atoms with Crippen molar-refractivity contribution in [2.75, 3.05) is 37.4 Å². The molecule has 0 radical (unpaired) electrons. The van der Waals surface area contributed by atoms with E-state index in [-0.39, 0.29) is 29.4 Å². The van der Waals surface area contributed by atoms with Gasteiger partial charge in [-0.05, 0) is 36.1 Å². The average molecular weight is 529 g/mol. The van der Waals surface area contributed by atoms with Crippen LogP contribution >= 0.6 is 11.3 Å². The third-order valence-corrected chi connectivity index (χ3v) is 10.0. The highest BCUT2D eigenvalue weighted by Gasteiger charge is 2.51. The van der Waals surface area contributed by atoms with E-state index in [4.69, 9.17) is 0 Å². The Morgan fingerprint density at radius 2 is 1.76 bits per heavy atom. The van der Waals surface area contributed by atoms with Crippen LogP contribution in [0.1, 0.15) is 12.5 Å². The first kappa shape index (κ1) is 25.9. The molecule has 0 amide bonds. The normalized spacial score (nSPS) is 20.5. The standard InChI is InChI=1S/C19H23F3N2O6S3/c1-18(25,19(20,21)22)14-5-7-15(8-6-14)24-10-9-23(12-16(24)13-32(26,27)30-2)33(28,29)17-4-3-11-31-17/h3-8,11,16,25H,9-10,12-13H2,1-2H3/t16-,18?/m1/s1. The van der Waals surface area contributed by atoms with E-state index in [2.05, 4.69) is 4.18 Å². The van der Waals surface area contributed by atoms with Crippen LogP contribution in [0.15, 0.2) is 46.0 Å². The van der Waals surface area contributed by atoms with Crippen molar-refractivity contribution in [1.82, 2.24) is 4.31 Å². The van der Waals surface area contributed by atoms with Crippen molar-refractivity contribution in [3.05, 3.63) is 47.3 Å². The van der Waals surface area contributed by atoms with E-state index in [1.807, 2.05) is 0 Å². The van der Waals surface area contributed by atoms with E-state index < -0.39 is 43.7 Å². The van der Waals surface area contributed by atoms with E-state index in [1.54, 1.807) is 16.3 Å². The Labute approximate surface area is 194 Å². The second kappa shape index (κ2) is 9.15. The fourth-order valence-corrected chi connectivity index (χ4v) is 7.02. The van der Waals surface area contributed by atoms with E-state index in [0.29, 0.717) is 12.6 Å². The van der Waals surface area contributed by atoms with Gasteiger partial charge in [0.1, 0.15) is 4.21 Å². The minimum absolute atomic E-state index is 0.0474. The molecule has 1 N–H and O–H groups in total. The molecule has 14 heteroatoms. The van der Waals surface area contributed by atoms with Crippen LogP contribution in [0, 0.1) is 0 Å². The van der Waals surface area contributed by atoms with Gasteiger partial charge in [0.05, 0.1) is 18.9 Å². The summed E-state index contributed by atoms with van der Waals surface area (Å²) in [5, 5.41) is 11.5. The SMILES string of the molecule is COS(=O)(=O)C[C@H]1CN(S(=O)(=O)c2cccs2)CCN1c1ccc(C(C)(O)C(F)(F)F)cc1. The van der Waals surface area contributed by atoms with Gasteiger partial charge in [-0.2, -0.15) is 25.9 Å². The zero-order valence-corrected chi connectivity index (χ0v) is 20.1. The molecule has 1 aromatic carbocycles. The maximum atomic E-state index is 13.1. The molecule has 0 bridgehead atoms. The third kappa shape index (κ3) is 5.35. The second-order valence-corrected chi connectivity index (χ2v) is 12.5. The Hall–Kier alpha value is -1.71. The summed E-state index contributed by atoms with van der Waals surface area (Å²) in [6.07, 6.45) is -4.88. The number of nitrogens with zero attached hydrogens (tertiary/aromatic N) is 2. The number of aliphatic hydroxyl groups is 1. The van der Waals surface area contributed by atoms with Gasteiger partial charge in [-0.3, -0.25) is 4.18 Å². The smallest absolute Gasteiger partial charge is 0.376 e. The summed E-state index contributed by atoms with van der Waals surface area (Å²) in [7, 11) is -6.82. The van der Waals surface area contributed by atoms with Crippen LogP contribution in [0.2, 0.25) is 0 Å². The lowest BCUT2D eigenvalue weighted by atomic mass is 9.95. The van der Waals surface area contributed by atoms with E-state index in [9.17, 15) is 35.1 Å². The van der Waals surface area contributed by atoms with Gasteiger partial charge in [-0.1, -0.05) is 18.2 Å². The first-order chi connectivity index (χ1) is 15.2. The number of alkyl halides is 3. The Morgan fingerprint density at radius 1 is 1.12 bits per heavy atom. The predicted molar refractivity (Wildman–Crippen MR) is 117 cm³/mol. The van der Waals surface area contributed by atoms with Crippen LogP contribution in [-0.2, 0) is 29.9 Å². The molecule has 8 nitrogen and oxygen atoms in total. The molecule has 2 aromatic rings. The van der Waals surface area contributed by atoms with Gasteiger partial charge in [0.2, 0.25) is 0 Å². The molecule has 1 aliphatic heterocycles. The monoisotopic (exact) mass is 528 g/mol. The fourth-order valence-electron chi connectivity index (χ4n) is 3.51. The van der Waals surface area contributed by atoms with Crippen LogP contribution in [0.25, 0.3) is 0 Å². The molecule has 0 saturated carbocycles. The molecule has 0 aliphatic carbocycles. The van der Waals surface area contributed by atoms with Crippen molar-refractivity contribution in [2.45, 2.75) is 29.0 Å². The highest BCUT2D eigenvalue weighted by molar-refractivity contribution is 7.91. The van der Waals surface area contributed by atoms with Gasteiger partial charge in [0.15, 0.2) is 5.60 Å². The predicted octanol–water partition coefficient (Wildman–Crippen LogP) is 2.37. The number of hydrogen-bond acceptors (Lipinski definition) is 8. The first-order valence-electron chi connectivity index (χ1n) is 9.67. The highest BCUT2D eigenvalue weighted by Crippen LogP contribution is 2.39. The van der Waals surface area contributed by atoms with Gasteiger partial charge >= 0.3 is 6.18 Å². The van der Waals surface area contributed by atoms with Gasteiger partial charge in [0.25, 0.3) is 20.1 Å². The molecule has 1 aliphatic rings. The molecule has 1 saturated heterocycles. The summed E-state index contributed by atoms with van der Waals surface area (Å²) < 4.78 is 95.4. The molecule has 1 fully saturated rings. The second-order valence-electron chi connectivity index (χ2n) is 7.65. The molecule has 2 heterocycles. The minimum atomic E-state index is -4.88. The third-order valence-electron chi connectivity index (χ3n) is 5.50. The lowest BCUT2D eigenvalue weighted by Crippen LogP contribution is -2.57. The maximum absolute atomic E-state index is 13.1. The summed E-state index contributed by atoms with van der Waals surface area (Å²) in [5.74, 6) is -0.526. The molecule has 0 spiro atoms. The Bertz CT molecular complexity index is 1160. The zero-order chi connectivity index (χ0) is 24.7. The van der Waals surface area contributed by atoms with Crippen LogP contribution in [0.4, 0.5) is 18.9 Å². The molecular weight excluding hydrogens is 505 g/mol. The summed E-state index contributed by atoms with van der Waals surface area (Å²) in [5.41, 5.74) is -3.04. The number of thiophene rings is 1. The number of halogens is 3. The molecule has 1 aromatic heterocycles. The Kier molecular flexibility index (Phi) is 7.18. The molecule has 2 atom stereocenters. The van der Waals surface area contributed by atoms with Crippen molar-refractivity contribution in [3.63, 3.8) is 0 Å². The van der Waals surface area contributed by atoms with Gasteiger partial charge < -0.3 is 10.0 Å². The largest absolute Gasteiger partial charge is 0.421 e. The van der Waals surface area contributed by atoms with E-state index >= 15 is 0 Å². The summed E-state index contributed by atoms with van der Waals surface area (Å²) >= 11 is 1.04. The number of hydrogen-bond donors (Lipinski definition) is 1. The van der Waals surface area contributed by atoms with Crippen LogP contribution in [0.3, 0.4) is 0 Å². The first-order valence-corrected chi connectivity index (χ1v) is 13.6. The number of benzene rings is 1. The zero-order valence-electron chi connectivity index (χ0n) is 17.7. The maximum Gasteiger partial charge on any atom is 0.421 e. The molecule has 184 valence electrons. The van der Waals surface area contributed by atoms with E-state index in [0.717, 1.165) is 30.6 Å². The topological polar surface area (TPSA) is 104 Å². The van der Waals surface area contributed by atoms with Crippen molar-refractivity contribution in [1.29, 1.82) is 0 Å². The number of rotatable bonds is 7. The van der Waals surface area contributed by atoms with Crippen molar-refractivity contribution >= 4 is 37.2 Å². The van der Waals surface area contributed by atoms with Crippen molar-refractivity contribution in [3.8, 4) is 0 Å². The van der Waals surface area contributed by atoms with Crippen molar-refractivity contribution in [2.24, 2.45) is 0 Å². The molecule has 1 unspecified atom stereocenters. The lowest BCUT2D eigenvalue weighted by Gasteiger charge is -2.41. The summed E-state index contributed by atoms with van der Waals surface area (Å²) in [4.78, 5) is 1.61. The van der Waals surface area contributed by atoms with E-state index in [1.165, 1.54) is 22.5 Å². The number of piperazine rings is 1. The molecule has 3 rings (SSSR count). The van der Waals surface area contributed by atoms with Crippen LogP contribution < -0.4 is 4.90 Å². The Morgan fingerprint density at radius 3 is 2.27 bits per heavy atom. The Balaban J connectivity index is 1.91. The van der Waals surface area contributed by atoms with Gasteiger partial charge in [-0.15, -0.1) is 11.3 Å². The number of anilines is 1. The number of sulfonamides is 1. The summed E-state index contributed by atoms with van der Waals surface area (Å²) in [6, 6.07) is 7.10. The van der Waals surface area contributed by atoms with Crippen LogP contribution in [-0.4, -0.2) is 71.0 Å². The lowest BCUT2D eigenvalue weighted by molar-refractivity contribution is -0.258. The van der Waals surface area contributed by atoms with Gasteiger partial charge in [0, 0.05) is 25.3 Å². The minimum Gasteiger partial charge on any atom is -0.376 e. The molecular formula is C19H23F3N2O6S3. The van der Waals surface area contributed by atoms with Crippen LogP contribution in [0.5, 0.6) is 0 Å². The van der Waals surface area contributed by atoms with Crippen molar-refractivity contribution < 1.29 is 39.3 Å². The highest BCUT2D eigenvalue weighted by atomic mass is 32.2. The average Bonchev–Trinajstić information content (AvgIpc) is 3.28. The fraction of sp³-hybridized carbons (Fsp3) is 0.474.